The molecule has 0 aromatic heterocycles. The zero-order valence-corrected chi connectivity index (χ0v) is 17.7. The number of ether oxygens (including phenoxy) is 2. The highest BCUT2D eigenvalue weighted by atomic mass is 35.5. The van der Waals surface area contributed by atoms with Crippen LogP contribution in [0.25, 0.3) is 0 Å². The van der Waals surface area contributed by atoms with E-state index in [-0.39, 0.29) is 28.1 Å². The van der Waals surface area contributed by atoms with Crippen LogP contribution in [0.3, 0.4) is 0 Å². The van der Waals surface area contributed by atoms with Gasteiger partial charge in [-0.15, -0.1) is 0 Å². The van der Waals surface area contributed by atoms with Gasteiger partial charge in [0.15, 0.2) is 11.5 Å². The van der Waals surface area contributed by atoms with E-state index in [9.17, 15) is 18.0 Å². The number of alkyl halides is 3. The summed E-state index contributed by atoms with van der Waals surface area (Å²) in [6, 6.07) is 18.2. The molecule has 0 atom stereocenters. The third-order valence-corrected chi connectivity index (χ3v) is 5.36. The van der Waals surface area contributed by atoms with E-state index in [4.69, 9.17) is 32.7 Å². The van der Waals surface area contributed by atoms with Crippen molar-refractivity contribution in [2.24, 2.45) is 0 Å². The Kier molecular flexibility index (Phi) is 5.83. The molecule has 0 radical (unpaired) electrons. The first-order valence-electron chi connectivity index (χ1n) is 9.31. The fourth-order valence-electron chi connectivity index (χ4n) is 3.10. The lowest BCUT2D eigenvalue weighted by Gasteiger charge is -2.32. The number of nitrogens with zero attached hydrogens (tertiary/aromatic N) is 1. The van der Waals surface area contributed by atoms with E-state index >= 15 is 0 Å². The smallest absolute Gasteiger partial charge is 0.424 e. The molecule has 0 unspecified atom stereocenters. The zero-order valence-electron chi connectivity index (χ0n) is 16.2. The summed E-state index contributed by atoms with van der Waals surface area (Å²) >= 11 is 11.8. The summed E-state index contributed by atoms with van der Waals surface area (Å²) in [5.74, 6) is -4.05. The third-order valence-electron chi connectivity index (χ3n) is 4.64. The van der Waals surface area contributed by atoms with E-state index in [1.807, 2.05) is 5.32 Å². The van der Waals surface area contributed by atoms with Gasteiger partial charge in [-0.25, -0.2) is 4.79 Å². The zero-order chi connectivity index (χ0) is 22.9. The van der Waals surface area contributed by atoms with Crippen LogP contribution in [0.1, 0.15) is 5.56 Å². The molecule has 0 aliphatic carbocycles. The molecular weight excluding hydrogens is 468 g/mol. The summed E-state index contributed by atoms with van der Waals surface area (Å²) in [5.41, 5.74) is 1.09. The summed E-state index contributed by atoms with van der Waals surface area (Å²) in [7, 11) is 0. The second-order valence-corrected chi connectivity index (χ2v) is 7.68. The number of rotatable bonds is 4. The Bertz CT molecular complexity index is 1100. The number of nitrogens with one attached hydrogen (secondary N) is 1. The number of carbonyl (C=O) groups is 1. The monoisotopic (exact) mass is 482 g/mol. The fourth-order valence-corrected chi connectivity index (χ4v) is 3.41. The van der Waals surface area contributed by atoms with E-state index in [1.165, 1.54) is 0 Å². The maximum absolute atomic E-state index is 14.1. The molecule has 1 heterocycles. The Morgan fingerprint density at radius 1 is 0.906 bits per heavy atom. The Morgan fingerprint density at radius 3 is 1.91 bits per heavy atom. The minimum atomic E-state index is -5.13. The molecule has 1 N–H and O–H groups in total. The second kappa shape index (κ2) is 8.44. The highest BCUT2D eigenvalue weighted by Crippen LogP contribution is 2.48. The first kappa shape index (κ1) is 22.1. The number of hydrogen-bond donors (Lipinski definition) is 1. The van der Waals surface area contributed by atoms with Crippen molar-refractivity contribution in [1.29, 1.82) is 0 Å². The number of halogens is 5. The minimum absolute atomic E-state index is 0.00916. The van der Waals surface area contributed by atoms with Gasteiger partial charge in [0.25, 0.3) is 0 Å². The van der Waals surface area contributed by atoms with E-state index in [2.05, 4.69) is 0 Å². The van der Waals surface area contributed by atoms with Gasteiger partial charge in [0.05, 0.1) is 16.6 Å². The van der Waals surface area contributed by atoms with Crippen molar-refractivity contribution in [2.45, 2.75) is 18.6 Å². The highest BCUT2D eigenvalue weighted by Gasteiger charge is 2.66. The Morgan fingerprint density at radius 2 is 1.41 bits per heavy atom. The van der Waals surface area contributed by atoms with Crippen LogP contribution < -0.4 is 19.7 Å². The lowest BCUT2D eigenvalue weighted by Crippen LogP contribution is -2.66. The number of carbonyl (C=O) groups excluding carboxylic acids is 1. The molecule has 0 saturated heterocycles. The van der Waals surface area contributed by atoms with Crippen LogP contribution in [0.2, 0.25) is 10.0 Å². The van der Waals surface area contributed by atoms with Crippen molar-refractivity contribution in [3.05, 3.63) is 88.4 Å². The molecule has 0 spiro atoms. The van der Waals surface area contributed by atoms with Crippen LogP contribution in [-0.4, -0.2) is 18.1 Å². The largest absolute Gasteiger partial charge is 0.492 e. The Hall–Kier alpha value is -3.10. The molecule has 0 bridgehead atoms. The molecule has 166 valence electrons. The number of benzene rings is 3. The summed E-state index contributed by atoms with van der Waals surface area (Å²) < 4.78 is 52.4. The number of anilines is 1. The van der Waals surface area contributed by atoms with E-state index in [1.54, 1.807) is 60.7 Å². The number of hydrogen-bond acceptors (Lipinski definition) is 3. The van der Waals surface area contributed by atoms with Crippen LogP contribution >= 0.6 is 23.2 Å². The van der Waals surface area contributed by atoms with Gasteiger partial charge in [0.2, 0.25) is 0 Å². The van der Waals surface area contributed by atoms with Crippen LogP contribution in [0.5, 0.6) is 11.5 Å². The average Bonchev–Trinajstić information content (AvgIpc) is 3.11. The van der Waals surface area contributed by atoms with Gasteiger partial charge >= 0.3 is 18.1 Å². The second-order valence-electron chi connectivity index (χ2n) is 6.87. The number of para-hydroxylation sites is 1. The molecule has 5 nitrogen and oxygen atoms in total. The molecular formula is C22H15Cl2F3N2O3. The topological polar surface area (TPSA) is 50.8 Å². The summed E-state index contributed by atoms with van der Waals surface area (Å²) in [4.78, 5) is 14.3. The molecule has 0 saturated carbocycles. The van der Waals surface area contributed by atoms with E-state index in [0.717, 1.165) is 17.0 Å². The van der Waals surface area contributed by atoms with Crippen LogP contribution in [0, 0.1) is 0 Å². The van der Waals surface area contributed by atoms with Crippen molar-refractivity contribution in [2.75, 3.05) is 4.90 Å². The quantitative estimate of drug-likeness (QED) is 0.468. The van der Waals surface area contributed by atoms with Gasteiger partial charge in [-0.1, -0.05) is 71.7 Å². The maximum atomic E-state index is 14.1. The van der Waals surface area contributed by atoms with E-state index < -0.39 is 18.1 Å². The average molecular weight is 483 g/mol. The minimum Gasteiger partial charge on any atom is -0.424 e. The summed E-state index contributed by atoms with van der Waals surface area (Å²) in [6.07, 6.45) is -5.13. The molecule has 2 amide bonds. The van der Waals surface area contributed by atoms with Crippen LogP contribution in [-0.2, 0) is 6.54 Å². The maximum Gasteiger partial charge on any atom is 0.492 e. The Balaban J connectivity index is 1.67. The molecule has 32 heavy (non-hydrogen) atoms. The molecule has 1 aliphatic rings. The van der Waals surface area contributed by atoms with Gasteiger partial charge in [0.1, 0.15) is 0 Å². The fraction of sp³-hybridized carbons (Fsp3) is 0.136. The summed E-state index contributed by atoms with van der Waals surface area (Å²) in [5, 5.41) is 1.83. The number of urea groups is 1. The van der Waals surface area contributed by atoms with Gasteiger partial charge in [-0.2, -0.15) is 13.2 Å². The van der Waals surface area contributed by atoms with Gasteiger partial charge in [0, 0.05) is 17.8 Å². The van der Waals surface area contributed by atoms with Crippen molar-refractivity contribution < 1.29 is 27.4 Å². The van der Waals surface area contributed by atoms with Crippen LogP contribution in [0.4, 0.5) is 23.7 Å². The third kappa shape index (κ3) is 4.28. The summed E-state index contributed by atoms with van der Waals surface area (Å²) in [6.45, 7) is 0.00916. The molecule has 0 fully saturated rings. The standard InChI is InChI=1S/C22H15Cl2F3N2O3/c23-16-11-18-19(12-17(16)24)32-22(31-18,21(25,26)27)28-20(30)29(15-9-5-2-6-10-15)13-14-7-3-1-4-8-14/h1-12H,13H2,(H,28,30). The van der Waals surface area contributed by atoms with Gasteiger partial charge in [-0.3, -0.25) is 10.2 Å². The number of amides is 2. The van der Waals surface area contributed by atoms with Gasteiger partial charge in [-0.05, 0) is 17.7 Å². The first-order valence-corrected chi connectivity index (χ1v) is 10.1. The molecule has 3 aromatic rings. The SMILES string of the molecule is O=C(NC1(C(F)(F)F)Oc2cc(Cl)c(Cl)cc2O1)N(Cc1ccccc1)c1ccccc1. The molecule has 1 aliphatic heterocycles. The number of fused-ring (bicyclic) bond motifs is 1. The van der Waals surface area contributed by atoms with Crippen molar-refractivity contribution in [3.63, 3.8) is 0 Å². The van der Waals surface area contributed by atoms with Crippen molar-refractivity contribution in [1.82, 2.24) is 5.32 Å². The van der Waals surface area contributed by atoms with Gasteiger partial charge < -0.3 is 9.47 Å². The lowest BCUT2D eigenvalue weighted by atomic mass is 10.2. The Labute approximate surface area is 191 Å². The highest BCUT2D eigenvalue weighted by molar-refractivity contribution is 6.42. The first-order chi connectivity index (χ1) is 15.2. The predicted octanol–water partition coefficient (Wildman–Crippen LogP) is 6.40. The van der Waals surface area contributed by atoms with E-state index in [0.29, 0.717) is 11.3 Å². The molecule has 10 heteroatoms. The lowest BCUT2D eigenvalue weighted by molar-refractivity contribution is -0.317. The normalized spacial score (nSPS) is 14.2. The van der Waals surface area contributed by atoms with Crippen LogP contribution in [0.15, 0.2) is 72.8 Å². The molecule has 3 aromatic carbocycles. The predicted molar refractivity (Wildman–Crippen MR) is 114 cm³/mol. The molecule has 4 rings (SSSR count). The van der Waals surface area contributed by atoms with Crippen molar-refractivity contribution in [3.8, 4) is 11.5 Å². The van der Waals surface area contributed by atoms with Crippen molar-refractivity contribution >= 4 is 34.9 Å².